The quantitative estimate of drug-likeness (QED) is 0.288. The van der Waals surface area contributed by atoms with E-state index in [4.69, 9.17) is 10.2 Å². The number of nitrogens with zero attached hydrogens (tertiary/aromatic N) is 2. The molecule has 116 valence electrons. The van der Waals surface area contributed by atoms with Crippen molar-refractivity contribution in [2.45, 2.75) is 6.42 Å². The predicted molar refractivity (Wildman–Crippen MR) is 83.7 cm³/mol. The molecule has 2 heterocycles. The molecule has 3 aromatic rings. The minimum atomic E-state index is -0.383. The van der Waals surface area contributed by atoms with Gasteiger partial charge in [-0.2, -0.15) is 5.10 Å². The monoisotopic (exact) mass is 310 g/mol. The topological polar surface area (TPSA) is 118 Å². The molecule has 1 aromatic carbocycles. The highest BCUT2D eigenvalue weighted by Crippen LogP contribution is 2.19. The summed E-state index contributed by atoms with van der Waals surface area (Å²) in [5, 5.41) is 16.0. The fourth-order valence-corrected chi connectivity index (χ4v) is 2.12. The molecule has 7 heteroatoms. The lowest BCUT2D eigenvalue weighted by atomic mass is 10.0. The minimum Gasteiger partial charge on any atom is -0.504 e. The number of aliphatic hydroxyl groups excluding tert-OH is 1. The van der Waals surface area contributed by atoms with Gasteiger partial charge >= 0.3 is 0 Å². The molecule has 0 aliphatic rings. The number of benzene rings is 1. The average Bonchev–Trinajstić information content (AvgIpc) is 3.20. The van der Waals surface area contributed by atoms with Crippen molar-refractivity contribution in [2.24, 2.45) is 0 Å². The summed E-state index contributed by atoms with van der Waals surface area (Å²) in [6.45, 7) is 0. The zero-order chi connectivity index (χ0) is 16.2. The van der Waals surface area contributed by atoms with Crippen LogP contribution in [0.1, 0.15) is 27.5 Å². The van der Waals surface area contributed by atoms with Crippen molar-refractivity contribution in [3.8, 4) is 0 Å². The molecule has 4 N–H and O–H groups in total. The number of carbonyl (C=O) groups excluding carboxylic acids is 1. The van der Waals surface area contributed by atoms with Crippen molar-refractivity contribution in [1.82, 2.24) is 15.2 Å². The molecular formula is C16H14N4O3. The second-order valence-electron chi connectivity index (χ2n) is 4.89. The third-order valence-electron chi connectivity index (χ3n) is 3.27. The molecule has 0 aliphatic carbocycles. The normalized spacial score (nSPS) is 11.6. The standard InChI is InChI=1S/C16H14N4O3/c17-11-3-1-10(2-4-11)7-15-12(5-6-23-15)13(21)8-14(22)16-18-9-19-20-16/h1-6,8-9,22H,7,17H2,(H,18,19,20). The maximum absolute atomic E-state index is 12.3. The van der Waals surface area contributed by atoms with Crippen molar-refractivity contribution in [1.29, 1.82) is 0 Å². The van der Waals surface area contributed by atoms with Gasteiger partial charge in [0, 0.05) is 18.2 Å². The fraction of sp³-hybridized carbons (Fsp3) is 0.0625. The average molecular weight is 310 g/mol. The van der Waals surface area contributed by atoms with Crippen LogP contribution in [0.4, 0.5) is 5.69 Å². The Bertz CT molecular complexity index is 833. The first-order valence-corrected chi connectivity index (χ1v) is 6.85. The first-order valence-electron chi connectivity index (χ1n) is 6.85. The molecule has 0 aliphatic heterocycles. The Morgan fingerprint density at radius 3 is 2.78 bits per heavy atom. The van der Waals surface area contributed by atoms with Crippen molar-refractivity contribution in [2.75, 3.05) is 5.73 Å². The number of carbonyl (C=O) groups is 1. The van der Waals surface area contributed by atoms with E-state index in [2.05, 4.69) is 15.2 Å². The first kappa shape index (κ1) is 14.6. The van der Waals surface area contributed by atoms with Crippen LogP contribution in [0.3, 0.4) is 0 Å². The summed E-state index contributed by atoms with van der Waals surface area (Å²) in [6, 6.07) is 8.88. The van der Waals surface area contributed by atoms with Gasteiger partial charge in [-0.25, -0.2) is 4.98 Å². The van der Waals surface area contributed by atoms with Crippen LogP contribution in [-0.4, -0.2) is 26.1 Å². The number of aromatic amines is 1. The van der Waals surface area contributed by atoms with Gasteiger partial charge in [-0.05, 0) is 23.8 Å². The fourth-order valence-electron chi connectivity index (χ4n) is 2.12. The zero-order valence-corrected chi connectivity index (χ0v) is 12.1. The summed E-state index contributed by atoms with van der Waals surface area (Å²) in [5.41, 5.74) is 7.66. The van der Waals surface area contributed by atoms with E-state index in [0.29, 0.717) is 23.4 Å². The molecule has 0 fully saturated rings. The Morgan fingerprint density at radius 1 is 1.30 bits per heavy atom. The van der Waals surface area contributed by atoms with E-state index in [1.165, 1.54) is 12.6 Å². The summed E-state index contributed by atoms with van der Waals surface area (Å²) in [4.78, 5) is 16.1. The highest BCUT2D eigenvalue weighted by molar-refractivity contribution is 6.08. The number of allylic oxidation sites excluding steroid dienone is 1. The third kappa shape index (κ3) is 3.29. The van der Waals surface area contributed by atoms with E-state index in [9.17, 15) is 9.90 Å². The predicted octanol–water partition coefficient (Wildman–Crippen LogP) is 2.35. The van der Waals surface area contributed by atoms with Crippen molar-refractivity contribution >= 4 is 17.2 Å². The SMILES string of the molecule is Nc1ccc(Cc2occc2C(=O)C=C(O)c2nc[nH]n2)cc1. The van der Waals surface area contributed by atoms with Crippen LogP contribution in [0.15, 0.2) is 53.4 Å². The number of hydrogen-bond acceptors (Lipinski definition) is 6. The Morgan fingerprint density at radius 2 is 2.09 bits per heavy atom. The number of rotatable bonds is 5. The number of nitrogens with one attached hydrogen (secondary N) is 1. The molecule has 0 saturated heterocycles. The molecule has 0 spiro atoms. The largest absolute Gasteiger partial charge is 0.504 e. The van der Waals surface area contributed by atoms with Crippen molar-refractivity contribution < 1.29 is 14.3 Å². The minimum absolute atomic E-state index is 0.0573. The van der Waals surface area contributed by atoms with Crippen LogP contribution in [0, 0.1) is 0 Å². The van der Waals surface area contributed by atoms with E-state index in [1.54, 1.807) is 18.2 Å². The van der Waals surface area contributed by atoms with Crippen LogP contribution in [0.25, 0.3) is 5.76 Å². The Labute approximate surface area is 131 Å². The number of furan rings is 1. The third-order valence-corrected chi connectivity index (χ3v) is 3.27. The van der Waals surface area contributed by atoms with Crippen LogP contribution >= 0.6 is 0 Å². The van der Waals surface area contributed by atoms with E-state index >= 15 is 0 Å². The first-order chi connectivity index (χ1) is 11.1. The van der Waals surface area contributed by atoms with Gasteiger partial charge in [-0.3, -0.25) is 9.89 Å². The second-order valence-corrected chi connectivity index (χ2v) is 4.89. The van der Waals surface area contributed by atoms with E-state index in [-0.39, 0.29) is 17.4 Å². The summed E-state index contributed by atoms with van der Waals surface area (Å²) in [5.74, 6) is -0.122. The number of nitrogens with two attached hydrogens (primary N) is 1. The number of aliphatic hydroxyl groups is 1. The van der Waals surface area contributed by atoms with Gasteiger partial charge in [0.15, 0.2) is 11.5 Å². The number of anilines is 1. The Kier molecular flexibility index (Phi) is 3.92. The number of hydrogen-bond donors (Lipinski definition) is 3. The number of nitrogen functional groups attached to an aromatic ring is 1. The van der Waals surface area contributed by atoms with Gasteiger partial charge in [0.25, 0.3) is 0 Å². The molecule has 7 nitrogen and oxygen atoms in total. The van der Waals surface area contributed by atoms with Gasteiger partial charge in [0.2, 0.25) is 5.82 Å². The van der Waals surface area contributed by atoms with Crippen LogP contribution < -0.4 is 5.73 Å². The molecule has 0 radical (unpaired) electrons. The zero-order valence-electron chi connectivity index (χ0n) is 12.1. The summed E-state index contributed by atoms with van der Waals surface area (Å²) < 4.78 is 5.39. The maximum atomic E-state index is 12.3. The van der Waals surface area contributed by atoms with Gasteiger partial charge in [-0.15, -0.1) is 0 Å². The number of aromatic nitrogens is 3. The van der Waals surface area contributed by atoms with Gasteiger partial charge in [0.1, 0.15) is 12.1 Å². The van der Waals surface area contributed by atoms with Crippen LogP contribution in [0.5, 0.6) is 0 Å². The smallest absolute Gasteiger partial charge is 0.215 e. The molecule has 0 saturated carbocycles. The maximum Gasteiger partial charge on any atom is 0.215 e. The molecule has 0 atom stereocenters. The molecule has 2 aromatic heterocycles. The molecule has 0 bridgehead atoms. The molecule has 0 unspecified atom stereocenters. The number of H-pyrrole nitrogens is 1. The number of ketones is 1. The van der Waals surface area contributed by atoms with E-state index in [0.717, 1.165) is 11.6 Å². The Hall–Kier alpha value is -3.35. The lowest BCUT2D eigenvalue weighted by Crippen LogP contribution is -2.00. The molecule has 23 heavy (non-hydrogen) atoms. The van der Waals surface area contributed by atoms with Gasteiger partial charge in [-0.1, -0.05) is 12.1 Å². The summed E-state index contributed by atoms with van der Waals surface area (Å²) in [6.07, 6.45) is 4.27. The highest BCUT2D eigenvalue weighted by Gasteiger charge is 2.15. The van der Waals surface area contributed by atoms with Crippen LogP contribution in [0.2, 0.25) is 0 Å². The van der Waals surface area contributed by atoms with Gasteiger partial charge in [0.05, 0.1) is 11.8 Å². The van der Waals surface area contributed by atoms with E-state index in [1.807, 2.05) is 12.1 Å². The van der Waals surface area contributed by atoms with Crippen molar-refractivity contribution in [3.63, 3.8) is 0 Å². The highest BCUT2D eigenvalue weighted by atomic mass is 16.3. The molecular weight excluding hydrogens is 296 g/mol. The van der Waals surface area contributed by atoms with E-state index < -0.39 is 0 Å². The lowest BCUT2D eigenvalue weighted by Gasteiger charge is -2.02. The Balaban J connectivity index is 1.81. The summed E-state index contributed by atoms with van der Waals surface area (Å²) >= 11 is 0. The molecule has 3 rings (SSSR count). The summed E-state index contributed by atoms with van der Waals surface area (Å²) in [7, 11) is 0. The molecule has 0 amide bonds. The second kappa shape index (κ2) is 6.18. The van der Waals surface area contributed by atoms with Crippen LogP contribution in [-0.2, 0) is 6.42 Å². The lowest BCUT2D eigenvalue weighted by molar-refractivity contribution is 0.104. The van der Waals surface area contributed by atoms with Crippen molar-refractivity contribution in [3.05, 3.63) is 71.7 Å². The van der Waals surface area contributed by atoms with Gasteiger partial charge < -0.3 is 15.3 Å².